The second-order valence-electron chi connectivity index (χ2n) is 4.17. The molecule has 1 heterocycles. The van der Waals surface area contributed by atoms with Gasteiger partial charge in [-0.2, -0.15) is 0 Å². The highest BCUT2D eigenvalue weighted by molar-refractivity contribution is 5.87. The summed E-state index contributed by atoms with van der Waals surface area (Å²) in [5.74, 6) is -0.650. The Morgan fingerprint density at radius 1 is 1.42 bits per heavy atom. The number of benzene rings is 1. The Labute approximate surface area is 110 Å². The first-order valence-corrected chi connectivity index (χ1v) is 5.94. The van der Waals surface area contributed by atoms with Gasteiger partial charge in [0.1, 0.15) is 0 Å². The van der Waals surface area contributed by atoms with Gasteiger partial charge in [-0.15, -0.1) is 0 Å². The summed E-state index contributed by atoms with van der Waals surface area (Å²) in [6, 6.07) is 9.82. The van der Waals surface area contributed by atoms with Crippen molar-refractivity contribution in [2.45, 2.75) is 19.5 Å². The quantitative estimate of drug-likeness (QED) is 0.795. The maximum Gasteiger partial charge on any atom is 0.360 e. The van der Waals surface area contributed by atoms with Crippen LogP contribution in [0.3, 0.4) is 0 Å². The van der Waals surface area contributed by atoms with Crippen LogP contribution in [0.25, 0.3) is 0 Å². The molecule has 1 aromatic carbocycles. The number of alkyl halides is 1. The van der Waals surface area contributed by atoms with Crippen LogP contribution in [-0.2, 0) is 10.4 Å². The number of ether oxygens (including phenoxy) is 1. The Balaban J connectivity index is 2.29. The van der Waals surface area contributed by atoms with E-state index in [-0.39, 0.29) is 18.1 Å². The average Bonchev–Trinajstić information content (AvgIpc) is 2.90. The molecule has 4 nitrogen and oxygen atoms in total. The zero-order valence-electron chi connectivity index (χ0n) is 10.7. The fraction of sp³-hybridized carbons (Fsp3) is 0.286. The molecule has 0 amide bonds. The van der Waals surface area contributed by atoms with Crippen LogP contribution >= 0.6 is 0 Å². The maximum atomic E-state index is 14.7. The van der Waals surface area contributed by atoms with Gasteiger partial charge in [0, 0.05) is 6.07 Å². The lowest BCUT2D eigenvalue weighted by molar-refractivity contribution is 0.0514. The van der Waals surface area contributed by atoms with Gasteiger partial charge < -0.3 is 9.26 Å². The molecule has 1 aromatic heterocycles. The van der Waals surface area contributed by atoms with Crippen LogP contribution in [0, 0.1) is 0 Å². The third-order valence-corrected chi connectivity index (χ3v) is 2.77. The van der Waals surface area contributed by atoms with E-state index in [2.05, 4.69) is 5.16 Å². The van der Waals surface area contributed by atoms with Crippen molar-refractivity contribution < 1.29 is 18.4 Å². The molecule has 0 aliphatic carbocycles. The fourth-order valence-electron chi connectivity index (χ4n) is 1.69. The molecule has 0 aliphatic heterocycles. The van der Waals surface area contributed by atoms with E-state index < -0.39 is 11.6 Å². The molecule has 2 rings (SSSR count). The van der Waals surface area contributed by atoms with E-state index in [9.17, 15) is 9.18 Å². The van der Waals surface area contributed by atoms with Gasteiger partial charge in [0.05, 0.1) is 6.61 Å². The van der Waals surface area contributed by atoms with Gasteiger partial charge in [-0.3, -0.25) is 0 Å². The van der Waals surface area contributed by atoms with E-state index in [1.807, 2.05) is 0 Å². The number of rotatable bonds is 4. The molecule has 5 heteroatoms. The fourth-order valence-corrected chi connectivity index (χ4v) is 1.69. The number of esters is 1. The van der Waals surface area contributed by atoms with Crippen LogP contribution in [0.15, 0.2) is 40.9 Å². The number of nitrogens with zero attached hydrogens (tertiary/aromatic N) is 1. The summed E-state index contributed by atoms with van der Waals surface area (Å²) in [4.78, 5) is 11.5. The zero-order valence-corrected chi connectivity index (χ0v) is 10.7. The van der Waals surface area contributed by atoms with Gasteiger partial charge in [-0.25, -0.2) is 9.18 Å². The first-order valence-electron chi connectivity index (χ1n) is 5.94. The van der Waals surface area contributed by atoms with Crippen molar-refractivity contribution in [2.75, 3.05) is 6.61 Å². The molecular weight excluding hydrogens is 249 g/mol. The van der Waals surface area contributed by atoms with Crippen LogP contribution in [0.4, 0.5) is 4.39 Å². The smallest absolute Gasteiger partial charge is 0.360 e. The minimum absolute atomic E-state index is 0.0262. The molecule has 2 aromatic rings. The van der Waals surface area contributed by atoms with Gasteiger partial charge in [0.15, 0.2) is 17.1 Å². The average molecular weight is 263 g/mol. The highest BCUT2D eigenvalue weighted by atomic mass is 19.1. The molecule has 0 spiro atoms. The molecule has 0 saturated carbocycles. The van der Waals surface area contributed by atoms with E-state index in [4.69, 9.17) is 9.26 Å². The number of halogens is 1. The molecule has 0 radical (unpaired) electrons. The Hall–Kier alpha value is -2.17. The lowest BCUT2D eigenvalue weighted by Gasteiger charge is -2.16. The van der Waals surface area contributed by atoms with Gasteiger partial charge in [0.2, 0.25) is 0 Å². The third kappa shape index (κ3) is 2.65. The monoisotopic (exact) mass is 263 g/mol. The number of hydrogen-bond acceptors (Lipinski definition) is 4. The Morgan fingerprint density at radius 2 is 2.11 bits per heavy atom. The first-order chi connectivity index (χ1) is 9.05. The second-order valence-corrected chi connectivity index (χ2v) is 4.17. The molecule has 100 valence electrons. The normalized spacial score (nSPS) is 13.8. The van der Waals surface area contributed by atoms with Crippen molar-refractivity contribution in [3.63, 3.8) is 0 Å². The van der Waals surface area contributed by atoms with Crippen LogP contribution in [0.1, 0.15) is 35.7 Å². The highest BCUT2D eigenvalue weighted by Crippen LogP contribution is 2.33. The molecule has 0 N–H and O–H groups in total. The number of hydrogen-bond donors (Lipinski definition) is 0. The molecule has 0 bridgehead atoms. The zero-order chi connectivity index (χ0) is 13.9. The highest BCUT2D eigenvalue weighted by Gasteiger charge is 2.33. The number of carbonyl (C=O) groups is 1. The summed E-state index contributed by atoms with van der Waals surface area (Å²) in [5, 5.41) is 3.54. The summed E-state index contributed by atoms with van der Waals surface area (Å²) in [7, 11) is 0. The molecule has 0 saturated heterocycles. The maximum absolute atomic E-state index is 14.7. The summed E-state index contributed by atoms with van der Waals surface area (Å²) in [6.07, 6.45) is 0. The van der Waals surface area contributed by atoms with Crippen LogP contribution in [-0.4, -0.2) is 17.7 Å². The van der Waals surface area contributed by atoms with Crippen molar-refractivity contribution in [3.05, 3.63) is 53.4 Å². The van der Waals surface area contributed by atoms with E-state index in [0.29, 0.717) is 5.56 Å². The van der Waals surface area contributed by atoms with Gasteiger partial charge in [-0.05, 0) is 19.4 Å². The summed E-state index contributed by atoms with van der Waals surface area (Å²) in [6.45, 7) is 3.27. The Bertz CT molecular complexity index is 563. The lowest BCUT2D eigenvalue weighted by Crippen LogP contribution is -2.16. The summed E-state index contributed by atoms with van der Waals surface area (Å²) >= 11 is 0. The van der Waals surface area contributed by atoms with E-state index in [0.717, 1.165) is 0 Å². The predicted octanol–water partition coefficient (Wildman–Crippen LogP) is 3.08. The molecule has 1 unspecified atom stereocenters. The standard InChI is InChI=1S/C14H14FNO3/c1-3-18-13(17)11-9-12(19-16-11)14(2,15)10-7-5-4-6-8-10/h4-9H,3H2,1-2H3. The van der Waals surface area contributed by atoms with E-state index in [1.54, 1.807) is 37.3 Å². The van der Waals surface area contributed by atoms with Crippen LogP contribution < -0.4 is 0 Å². The molecular formula is C14H14FNO3. The SMILES string of the molecule is CCOC(=O)c1cc(C(C)(F)c2ccccc2)on1. The van der Waals surface area contributed by atoms with Crippen molar-refractivity contribution >= 4 is 5.97 Å². The first kappa shape index (κ1) is 13.3. The minimum Gasteiger partial charge on any atom is -0.461 e. The van der Waals surface area contributed by atoms with Gasteiger partial charge in [0.25, 0.3) is 0 Å². The summed E-state index contributed by atoms with van der Waals surface area (Å²) in [5.41, 5.74) is -1.45. The lowest BCUT2D eigenvalue weighted by atomic mass is 9.95. The molecule has 19 heavy (non-hydrogen) atoms. The van der Waals surface area contributed by atoms with Gasteiger partial charge >= 0.3 is 5.97 Å². The van der Waals surface area contributed by atoms with Gasteiger partial charge in [-0.1, -0.05) is 35.5 Å². The summed E-state index contributed by atoms with van der Waals surface area (Å²) < 4.78 is 24.4. The number of carbonyl (C=O) groups excluding carboxylic acids is 1. The van der Waals surface area contributed by atoms with E-state index >= 15 is 0 Å². The van der Waals surface area contributed by atoms with Crippen molar-refractivity contribution in [1.82, 2.24) is 5.16 Å². The topological polar surface area (TPSA) is 52.3 Å². The van der Waals surface area contributed by atoms with Crippen molar-refractivity contribution in [1.29, 1.82) is 0 Å². The minimum atomic E-state index is -1.85. The predicted molar refractivity (Wildman–Crippen MR) is 66.5 cm³/mol. The molecule has 0 aliphatic rings. The third-order valence-electron chi connectivity index (χ3n) is 2.77. The van der Waals surface area contributed by atoms with Crippen LogP contribution in [0.2, 0.25) is 0 Å². The van der Waals surface area contributed by atoms with Crippen molar-refractivity contribution in [3.8, 4) is 0 Å². The van der Waals surface area contributed by atoms with Crippen molar-refractivity contribution in [2.24, 2.45) is 0 Å². The Kier molecular flexibility index (Phi) is 3.64. The largest absolute Gasteiger partial charge is 0.461 e. The Morgan fingerprint density at radius 3 is 2.74 bits per heavy atom. The number of aromatic nitrogens is 1. The van der Waals surface area contributed by atoms with Crippen LogP contribution in [0.5, 0.6) is 0 Å². The molecule has 1 atom stereocenters. The van der Waals surface area contributed by atoms with E-state index in [1.165, 1.54) is 13.0 Å². The molecule has 0 fully saturated rings. The second kappa shape index (κ2) is 5.22.